The molecule has 7 heteroatoms. The van der Waals surface area contributed by atoms with Crippen LogP contribution in [0.1, 0.15) is 47.5 Å². The van der Waals surface area contributed by atoms with Gasteiger partial charge in [0.15, 0.2) is 11.5 Å². The zero-order valence-electron chi connectivity index (χ0n) is 13.3. The third-order valence-electron chi connectivity index (χ3n) is 4.19. The largest absolute Gasteiger partial charge is 0.396 e. The molecule has 1 atom stereocenters. The minimum atomic E-state index is -0.0860. The van der Waals surface area contributed by atoms with Crippen molar-refractivity contribution in [2.75, 3.05) is 13.2 Å². The standard InChI is InChI=1S/C16H22N4O3/c1-12-9-17-19(10-12)11-14-8-15(18-23-14)16(22)20-6-2-4-13(20)5-3-7-21/h8-10,13,21H,2-7,11H2,1H3. The number of hydrogen-bond donors (Lipinski definition) is 1. The lowest BCUT2D eigenvalue weighted by molar-refractivity contribution is 0.0714. The van der Waals surface area contributed by atoms with Gasteiger partial charge in [-0.05, 0) is 38.2 Å². The normalized spacial score (nSPS) is 17.8. The summed E-state index contributed by atoms with van der Waals surface area (Å²) in [4.78, 5) is 14.5. The Bertz CT molecular complexity index is 664. The third-order valence-corrected chi connectivity index (χ3v) is 4.19. The van der Waals surface area contributed by atoms with Gasteiger partial charge in [-0.3, -0.25) is 9.48 Å². The van der Waals surface area contributed by atoms with Crippen LogP contribution in [0.5, 0.6) is 0 Å². The van der Waals surface area contributed by atoms with Gasteiger partial charge in [-0.15, -0.1) is 0 Å². The van der Waals surface area contributed by atoms with Gasteiger partial charge in [-0.1, -0.05) is 5.16 Å². The van der Waals surface area contributed by atoms with E-state index < -0.39 is 0 Å². The van der Waals surface area contributed by atoms with Crippen molar-refractivity contribution in [1.29, 1.82) is 0 Å². The lowest BCUT2D eigenvalue weighted by Gasteiger charge is -2.23. The van der Waals surface area contributed by atoms with E-state index >= 15 is 0 Å². The van der Waals surface area contributed by atoms with Crippen LogP contribution in [0.15, 0.2) is 23.0 Å². The highest BCUT2D eigenvalue weighted by Crippen LogP contribution is 2.23. The summed E-state index contributed by atoms with van der Waals surface area (Å²) >= 11 is 0. The molecule has 3 rings (SSSR count). The Morgan fingerprint density at radius 1 is 1.52 bits per heavy atom. The summed E-state index contributed by atoms with van der Waals surface area (Å²) in [7, 11) is 0. The van der Waals surface area contributed by atoms with Gasteiger partial charge in [-0.2, -0.15) is 5.10 Å². The maximum atomic E-state index is 12.6. The molecule has 0 aromatic carbocycles. The van der Waals surface area contributed by atoms with E-state index in [0.29, 0.717) is 18.0 Å². The fraction of sp³-hybridized carbons (Fsp3) is 0.562. The Morgan fingerprint density at radius 3 is 3.13 bits per heavy atom. The Labute approximate surface area is 134 Å². The van der Waals surface area contributed by atoms with Crippen LogP contribution in [-0.2, 0) is 6.54 Å². The van der Waals surface area contributed by atoms with E-state index in [2.05, 4.69) is 10.3 Å². The molecule has 0 bridgehead atoms. The van der Waals surface area contributed by atoms with Gasteiger partial charge in [0.1, 0.15) is 6.54 Å². The molecule has 1 aliphatic rings. The molecule has 0 radical (unpaired) electrons. The Balaban J connectivity index is 1.65. The lowest BCUT2D eigenvalue weighted by Crippen LogP contribution is -2.35. The average molecular weight is 318 g/mol. The van der Waals surface area contributed by atoms with Crippen LogP contribution in [-0.4, -0.2) is 50.0 Å². The summed E-state index contributed by atoms with van der Waals surface area (Å²) in [5.74, 6) is 0.527. The summed E-state index contributed by atoms with van der Waals surface area (Å²) in [6.07, 6.45) is 7.23. The first kappa shape index (κ1) is 15.7. The zero-order chi connectivity index (χ0) is 16.2. The summed E-state index contributed by atoms with van der Waals surface area (Å²) < 4.78 is 7.03. The number of aryl methyl sites for hydroxylation is 1. The van der Waals surface area contributed by atoms with Crippen molar-refractivity contribution in [3.63, 3.8) is 0 Å². The highest BCUT2D eigenvalue weighted by Gasteiger charge is 2.30. The number of nitrogens with zero attached hydrogens (tertiary/aromatic N) is 4. The fourth-order valence-electron chi connectivity index (χ4n) is 3.08. The van der Waals surface area contributed by atoms with Gasteiger partial charge in [0, 0.05) is 31.5 Å². The molecular formula is C16H22N4O3. The second kappa shape index (κ2) is 6.95. The minimum absolute atomic E-state index is 0.0860. The molecule has 0 saturated carbocycles. The molecule has 1 unspecified atom stereocenters. The van der Waals surface area contributed by atoms with E-state index in [4.69, 9.17) is 9.63 Å². The lowest BCUT2D eigenvalue weighted by atomic mass is 10.1. The van der Waals surface area contributed by atoms with Crippen molar-refractivity contribution < 1.29 is 14.4 Å². The van der Waals surface area contributed by atoms with E-state index in [9.17, 15) is 4.79 Å². The van der Waals surface area contributed by atoms with Crippen LogP contribution in [0.25, 0.3) is 0 Å². The van der Waals surface area contributed by atoms with Crippen LogP contribution in [0.3, 0.4) is 0 Å². The van der Waals surface area contributed by atoms with Gasteiger partial charge in [0.25, 0.3) is 5.91 Å². The van der Waals surface area contributed by atoms with E-state index in [-0.39, 0.29) is 18.6 Å². The molecule has 2 aromatic rings. The number of aromatic nitrogens is 3. The molecule has 3 heterocycles. The van der Waals surface area contributed by atoms with Crippen molar-refractivity contribution >= 4 is 5.91 Å². The topological polar surface area (TPSA) is 84.4 Å². The van der Waals surface area contributed by atoms with Crippen LogP contribution in [0, 0.1) is 6.92 Å². The summed E-state index contributed by atoms with van der Waals surface area (Å²) in [6, 6.07) is 1.89. The second-order valence-electron chi connectivity index (χ2n) is 6.05. The monoisotopic (exact) mass is 318 g/mol. The molecule has 1 N–H and O–H groups in total. The predicted molar refractivity (Wildman–Crippen MR) is 82.9 cm³/mol. The molecule has 0 aliphatic carbocycles. The van der Waals surface area contributed by atoms with Gasteiger partial charge in [-0.25, -0.2) is 0 Å². The molecule has 7 nitrogen and oxygen atoms in total. The second-order valence-corrected chi connectivity index (χ2v) is 6.05. The first-order valence-electron chi connectivity index (χ1n) is 8.04. The SMILES string of the molecule is Cc1cnn(Cc2cc(C(=O)N3CCCC3CCCO)no2)c1. The predicted octanol–water partition coefficient (Wildman–Crippen LogP) is 1.60. The molecule has 1 saturated heterocycles. The third kappa shape index (κ3) is 3.61. The maximum Gasteiger partial charge on any atom is 0.276 e. The Kier molecular flexibility index (Phi) is 4.76. The molecule has 124 valence electrons. The molecular weight excluding hydrogens is 296 g/mol. The van der Waals surface area contributed by atoms with Crippen LogP contribution in [0.2, 0.25) is 0 Å². The quantitative estimate of drug-likeness (QED) is 0.874. The van der Waals surface area contributed by atoms with E-state index in [1.807, 2.05) is 18.0 Å². The number of likely N-dealkylation sites (tertiary alicyclic amines) is 1. The van der Waals surface area contributed by atoms with Gasteiger partial charge in [0.05, 0.1) is 6.20 Å². The van der Waals surface area contributed by atoms with Crippen molar-refractivity contribution in [2.24, 2.45) is 0 Å². The number of hydrogen-bond acceptors (Lipinski definition) is 5. The number of aliphatic hydroxyl groups is 1. The molecule has 1 fully saturated rings. The number of amides is 1. The van der Waals surface area contributed by atoms with E-state index in [0.717, 1.165) is 37.8 Å². The van der Waals surface area contributed by atoms with Crippen LogP contribution < -0.4 is 0 Å². The molecule has 0 spiro atoms. The Morgan fingerprint density at radius 2 is 2.39 bits per heavy atom. The van der Waals surface area contributed by atoms with Crippen LogP contribution >= 0.6 is 0 Å². The number of carbonyl (C=O) groups is 1. The highest BCUT2D eigenvalue weighted by molar-refractivity contribution is 5.92. The summed E-state index contributed by atoms with van der Waals surface area (Å²) in [5.41, 5.74) is 1.42. The number of rotatable bonds is 6. The first-order chi connectivity index (χ1) is 11.2. The molecule has 2 aromatic heterocycles. The minimum Gasteiger partial charge on any atom is -0.396 e. The zero-order valence-corrected chi connectivity index (χ0v) is 13.3. The van der Waals surface area contributed by atoms with E-state index in [1.165, 1.54) is 0 Å². The van der Waals surface area contributed by atoms with E-state index in [1.54, 1.807) is 16.9 Å². The molecule has 1 amide bonds. The molecule has 1 aliphatic heterocycles. The van der Waals surface area contributed by atoms with Gasteiger partial charge < -0.3 is 14.5 Å². The average Bonchev–Trinajstić information content (AvgIpc) is 3.26. The number of carbonyl (C=O) groups excluding carboxylic acids is 1. The van der Waals surface area contributed by atoms with Crippen molar-refractivity contribution in [3.8, 4) is 0 Å². The van der Waals surface area contributed by atoms with Gasteiger partial charge >= 0.3 is 0 Å². The maximum absolute atomic E-state index is 12.6. The summed E-state index contributed by atoms with van der Waals surface area (Å²) in [5, 5.41) is 17.1. The number of aliphatic hydroxyl groups excluding tert-OH is 1. The van der Waals surface area contributed by atoms with Crippen molar-refractivity contribution in [3.05, 3.63) is 35.5 Å². The first-order valence-corrected chi connectivity index (χ1v) is 8.04. The molecule has 23 heavy (non-hydrogen) atoms. The van der Waals surface area contributed by atoms with Crippen molar-refractivity contribution in [1.82, 2.24) is 19.8 Å². The van der Waals surface area contributed by atoms with Crippen molar-refractivity contribution in [2.45, 2.75) is 45.2 Å². The summed E-state index contributed by atoms with van der Waals surface area (Å²) in [6.45, 7) is 3.34. The highest BCUT2D eigenvalue weighted by atomic mass is 16.5. The Hall–Kier alpha value is -2.15. The van der Waals surface area contributed by atoms with Gasteiger partial charge in [0.2, 0.25) is 0 Å². The fourth-order valence-corrected chi connectivity index (χ4v) is 3.08. The van der Waals surface area contributed by atoms with Crippen LogP contribution in [0.4, 0.5) is 0 Å². The smallest absolute Gasteiger partial charge is 0.276 e.